The fourth-order valence-electron chi connectivity index (χ4n) is 4.06. The highest BCUT2D eigenvalue weighted by molar-refractivity contribution is 6.13. The molecule has 0 amide bonds. The van der Waals surface area contributed by atoms with Gasteiger partial charge in [-0.2, -0.15) is 0 Å². The number of hydrogen-bond donors (Lipinski definition) is 0. The van der Waals surface area contributed by atoms with Gasteiger partial charge in [0.1, 0.15) is 0 Å². The number of esters is 1. The molecule has 5 heteroatoms. The Morgan fingerprint density at radius 2 is 1.77 bits per heavy atom. The summed E-state index contributed by atoms with van der Waals surface area (Å²) in [6.07, 6.45) is 1.82. The summed E-state index contributed by atoms with van der Waals surface area (Å²) in [5.41, 5.74) is 7.89. The molecule has 31 heavy (non-hydrogen) atoms. The minimum Gasteiger partial charge on any atom is -0.454 e. The molecule has 5 rings (SSSR count). The molecule has 0 spiro atoms. The van der Waals surface area contributed by atoms with Gasteiger partial charge in [-0.1, -0.05) is 38.1 Å². The molecule has 0 N–H and O–H groups in total. The largest absolute Gasteiger partial charge is 0.454 e. The average molecular weight is 413 g/mol. The van der Waals surface area contributed by atoms with E-state index < -0.39 is 5.97 Å². The topological polar surface area (TPSA) is 57.1 Å². The predicted molar refractivity (Wildman–Crippen MR) is 120 cm³/mol. The summed E-state index contributed by atoms with van der Waals surface area (Å²) in [6, 6.07) is 14.1. The van der Waals surface area contributed by atoms with Gasteiger partial charge in [-0.3, -0.25) is 0 Å². The van der Waals surface area contributed by atoms with E-state index in [4.69, 9.17) is 14.2 Å². The van der Waals surface area contributed by atoms with Gasteiger partial charge in [0, 0.05) is 5.56 Å². The fraction of sp³-hybridized carbons (Fsp3) is 0.231. The Hall–Kier alpha value is -3.60. The molecule has 0 unspecified atom stereocenters. The standard InChI is InChI=1S/C26H23NO4/c1-14(2)17-6-5-15(3)24-19(9-16(4)20(24)10-17)11-21-26(28)31-25(27-21)18-7-8-22-23(12-18)30-13-29-22/h5-12,14H,13H2,1-4H3/b21-11-. The Balaban J connectivity index is 1.56. The third-order valence-corrected chi connectivity index (χ3v) is 5.78. The van der Waals surface area contributed by atoms with Crippen LogP contribution in [0.15, 0.2) is 53.2 Å². The number of carbonyl (C=O) groups excluding carboxylic acids is 1. The van der Waals surface area contributed by atoms with E-state index in [1.165, 1.54) is 16.7 Å². The maximum atomic E-state index is 12.6. The number of aryl methyl sites for hydroxylation is 2. The minimum absolute atomic E-state index is 0.189. The molecule has 0 bridgehead atoms. The second-order valence-corrected chi connectivity index (χ2v) is 8.29. The lowest BCUT2D eigenvalue weighted by Crippen LogP contribution is -2.05. The molecule has 2 heterocycles. The number of benzene rings is 1. The van der Waals surface area contributed by atoms with Crippen molar-refractivity contribution in [3.05, 3.63) is 76.0 Å². The lowest BCUT2D eigenvalue weighted by molar-refractivity contribution is -0.129. The Kier molecular flexibility index (Phi) is 4.54. The van der Waals surface area contributed by atoms with E-state index in [1.54, 1.807) is 12.1 Å². The lowest BCUT2D eigenvalue weighted by atomic mass is 10.0. The van der Waals surface area contributed by atoms with Gasteiger partial charge in [0.2, 0.25) is 12.7 Å². The predicted octanol–water partition coefficient (Wildman–Crippen LogP) is 5.60. The van der Waals surface area contributed by atoms with E-state index >= 15 is 0 Å². The van der Waals surface area contributed by atoms with Gasteiger partial charge in [0.15, 0.2) is 17.2 Å². The summed E-state index contributed by atoms with van der Waals surface area (Å²) < 4.78 is 16.2. The summed E-state index contributed by atoms with van der Waals surface area (Å²) >= 11 is 0. The van der Waals surface area contributed by atoms with Crippen LogP contribution in [-0.2, 0) is 9.53 Å². The van der Waals surface area contributed by atoms with E-state index in [2.05, 4.69) is 57.0 Å². The van der Waals surface area contributed by atoms with E-state index in [0.29, 0.717) is 23.0 Å². The van der Waals surface area contributed by atoms with Crippen molar-refractivity contribution in [2.24, 2.45) is 4.99 Å². The van der Waals surface area contributed by atoms with E-state index in [1.807, 2.05) is 12.1 Å². The maximum absolute atomic E-state index is 12.6. The zero-order chi connectivity index (χ0) is 21.7. The molecular formula is C26H23NO4. The highest BCUT2D eigenvalue weighted by Crippen LogP contribution is 2.38. The molecule has 0 aromatic heterocycles. The van der Waals surface area contributed by atoms with Crippen LogP contribution in [0, 0.1) is 13.8 Å². The number of ether oxygens (including phenoxy) is 3. The summed E-state index contributed by atoms with van der Waals surface area (Å²) in [5.74, 6) is 1.54. The molecule has 0 saturated heterocycles. The summed E-state index contributed by atoms with van der Waals surface area (Å²) in [4.78, 5) is 17.0. The van der Waals surface area contributed by atoms with Crippen LogP contribution in [0.25, 0.3) is 17.2 Å². The first-order valence-electron chi connectivity index (χ1n) is 10.4. The number of fused-ring (bicyclic) bond motifs is 2. The molecule has 156 valence electrons. The molecule has 4 aliphatic rings. The van der Waals surface area contributed by atoms with Crippen LogP contribution in [0.1, 0.15) is 47.6 Å². The van der Waals surface area contributed by atoms with Crippen LogP contribution in [-0.4, -0.2) is 18.7 Å². The van der Waals surface area contributed by atoms with Crippen LogP contribution in [0.2, 0.25) is 0 Å². The van der Waals surface area contributed by atoms with Crippen LogP contribution >= 0.6 is 0 Å². The first-order valence-corrected chi connectivity index (χ1v) is 10.4. The van der Waals surface area contributed by atoms with E-state index in [-0.39, 0.29) is 18.4 Å². The number of rotatable bonds is 3. The lowest BCUT2D eigenvalue weighted by Gasteiger charge is -2.04. The van der Waals surface area contributed by atoms with Crippen LogP contribution in [0.4, 0.5) is 0 Å². The van der Waals surface area contributed by atoms with Gasteiger partial charge < -0.3 is 14.2 Å². The second-order valence-electron chi connectivity index (χ2n) is 8.29. The van der Waals surface area contributed by atoms with Gasteiger partial charge in [-0.05, 0) is 77.4 Å². The number of carbonyl (C=O) groups is 1. The van der Waals surface area contributed by atoms with E-state index in [9.17, 15) is 4.79 Å². The van der Waals surface area contributed by atoms with Crippen LogP contribution in [0.5, 0.6) is 11.5 Å². The van der Waals surface area contributed by atoms with Crippen LogP contribution < -0.4 is 9.47 Å². The highest BCUT2D eigenvalue weighted by Gasteiger charge is 2.27. The molecule has 0 saturated carbocycles. The second kappa shape index (κ2) is 7.27. The van der Waals surface area contributed by atoms with Crippen molar-refractivity contribution in [1.29, 1.82) is 0 Å². The quantitative estimate of drug-likeness (QED) is 0.414. The first-order chi connectivity index (χ1) is 14.9. The molecule has 2 aliphatic heterocycles. The first kappa shape index (κ1) is 19.4. The zero-order valence-corrected chi connectivity index (χ0v) is 18.0. The Labute approximate surface area is 181 Å². The number of nitrogens with zero attached hydrogens (tertiary/aromatic N) is 1. The van der Waals surface area contributed by atoms with Crippen molar-refractivity contribution in [1.82, 2.24) is 0 Å². The van der Waals surface area contributed by atoms with Crippen molar-refractivity contribution < 1.29 is 19.0 Å². The van der Waals surface area contributed by atoms with Crippen LogP contribution in [0.3, 0.4) is 0 Å². The van der Waals surface area contributed by atoms with Crippen molar-refractivity contribution in [3.8, 4) is 22.6 Å². The molecule has 1 aromatic rings. The van der Waals surface area contributed by atoms with Gasteiger partial charge >= 0.3 is 5.97 Å². The third-order valence-electron chi connectivity index (χ3n) is 5.78. The smallest absolute Gasteiger partial charge is 0.363 e. The normalized spacial score (nSPS) is 16.4. The van der Waals surface area contributed by atoms with Crippen molar-refractivity contribution in [2.45, 2.75) is 33.6 Å². The molecule has 1 aromatic carbocycles. The maximum Gasteiger partial charge on any atom is 0.363 e. The fourth-order valence-corrected chi connectivity index (χ4v) is 4.06. The number of hydrogen-bond acceptors (Lipinski definition) is 5. The number of cyclic esters (lactones) is 1. The van der Waals surface area contributed by atoms with Gasteiger partial charge in [0.05, 0.1) is 0 Å². The molecule has 0 atom stereocenters. The van der Waals surface area contributed by atoms with Crippen molar-refractivity contribution >= 4 is 17.9 Å². The Bertz CT molecular complexity index is 1250. The molecule has 0 radical (unpaired) electrons. The summed E-state index contributed by atoms with van der Waals surface area (Å²) in [7, 11) is 0. The van der Waals surface area contributed by atoms with Gasteiger partial charge in [-0.25, -0.2) is 9.79 Å². The third kappa shape index (κ3) is 3.36. The average Bonchev–Trinajstić information content (AvgIpc) is 3.39. The van der Waals surface area contributed by atoms with Crippen molar-refractivity contribution in [2.75, 3.05) is 6.79 Å². The monoisotopic (exact) mass is 413 g/mol. The van der Waals surface area contributed by atoms with Gasteiger partial charge in [-0.15, -0.1) is 0 Å². The minimum atomic E-state index is -0.458. The summed E-state index contributed by atoms with van der Waals surface area (Å²) in [6.45, 7) is 8.77. The Morgan fingerprint density at radius 3 is 2.58 bits per heavy atom. The molecule has 0 fully saturated rings. The highest BCUT2D eigenvalue weighted by atomic mass is 16.7. The number of aliphatic imine (C=N–C) groups is 1. The van der Waals surface area contributed by atoms with Gasteiger partial charge in [0.25, 0.3) is 0 Å². The molecule has 2 aliphatic carbocycles. The van der Waals surface area contributed by atoms with E-state index in [0.717, 1.165) is 16.7 Å². The Morgan fingerprint density at radius 1 is 0.968 bits per heavy atom. The van der Waals surface area contributed by atoms with Crippen molar-refractivity contribution in [3.63, 3.8) is 0 Å². The summed E-state index contributed by atoms with van der Waals surface area (Å²) in [5, 5.41) is 0. The zero-order valence-electron chi connectivity index (χ0n) is 18.0. The SMILES string of the molecule is Cc1cc(/C=C2\N=C(c3ccc4c(c3)OCO4)OC2=O)c2c(C)ccc(C(C)C)cc1-2. The molecule has 5 nitrogen and oxygen atoms in total. The molecular weight excluding hydrogens is 390 g/mol.